The fourth-order valence-electron chi connectivity index (χ4n) is 4.54. The van der Waals surface area contributed by atoms with E-state index in [1.165, 1.54) is 4.90 Å². The predicted molar refractivity (Wildman–Crippen MR) is 132 cm³/mol. The van der Waals surface area contributed by atoms with Gasteiger partial charge in [0.1, 0.15) is 11.6 Å². The third-order valence-corrected chi connectivity index (χ3v) is 6.62. The van der Waals surface area contributed by atoms with Crippen molar-refractivity contribution in [2.45, 2.75) is 58.1 Å². The van der Waals surface area contributed by atoms with E-state index in [0.29, 0.717) is 24.4 Å². The van der Waals surface area contributed by atoms with Crippen molar-refractivity contribution < 1.29 is 14.3 Å². The summed E-state index contributed by atoms with van der Waals surface area (Å²) in [5.41, 5.74) is 11.4. The highest BCUT2D eigenvalue weighted by molar-refractivity contribution is 9.10. The number of aryl methyl sites for hydroxylation is 2. The molecule has 1 aromatic heterocycles. The molecule has 0 radical (unpaired) electrons. The Kier molecular flexibility index (Phi) is 6.56. The number of rotatable bonds is 1. The first-order chi connectivity index (χ1) is 15.5. The minimum Gasteiger partial charge on any atom is -0.444 e. The number of pyridine rings is 1. The molecule has 33 heavy (non-hydrogen) atoms. The van der Waals surface area contributed by atoms with Gasteiger partial charge in [-0.15, -0.1) is 0 Å². The molecule has 0 saturated carbocycles. The van der Waals surface area contributed by atoms with Gasteiger partial charge in [0.2, 0.25) is 5.91 Å². The summed E-state index contributed by atoms with van der Waals surface area (Å²) in [6, 6.07) is 7.22. The molecule has 174 valence electrons. The molecular weight excluding hydrogens is 506 g/mol. The van der Waals surface area contributed by atoms with Crippen LogP contribution in [0.4, 0.5) is 4.79 Å². The number of ether oxygens (including phenoxy) is 1. The van der Waals surface area contributed by atoms with Crippen LogP contribution in [0.25, 0.3) is 5.57 Å². The van der Waals surface area contributed by atoms with Gasteiger partial charge in [0, 0.05) is 27.8 Å². The molecule has 0 bridgehead atoms. The number of primary amides is 1. The number of aromatic nitrogens is 1. The van der Waals surface area contributed by atoms with Crippen LogP contribution in [-0.4, -0.2) is 40.1 Å². The second kappa shape index (κ2) is 9.11. The van der Waals surface area contributed by atoms with E-state index in [1.807, 2.05) is 18.2 Å². The lowest BCUT2D eigenvalue weighted by Gasteiger charge is -2.37. The molecule has 8 heteroatoms. The lowest BCUT2D eigenvalue weighted by molar-refractivity contribution is -0.123. The van der Waals surface area contributed by atoms with Gasteiger partial charge in [-0.3, -0.25) is 14.7 Å². The van der Waals surface area contributed by atoms with Gasteiger partial charge in [-0.2, -0.15) is 0 Å². The van der Waals surface area contributed by atoms with E-state index < -0.39 is 23.6 Å². The first-order valence-corrected chi connectivity index (χ1v) is 12.1. The van der Waals surface area contributed by atoms with Gasteiger partial charge >= 0.3 is 6.09 Å². The van der Waals surface area contributed by atoms with Crippen LogP contribution in [0.15, 0.2) is 40.5 Å². The average molecular weight is 533 g/mol. The molecule has 1 aliphatic carbocycles. The number of benzene rings is 1. The number of piperidine rings is 1. The van der Waals surface area contributed by atoms with Crippen LogP contribution >= 0.6 is 27.5 Å². The first kappa shape index (κ1) is 23.8. The SMILES string of the molecule is CC(C)(C)OC(=O)N1CCC(=C2c3ccc(Cl)cc3CCc3cc(Br)cnc32)CC1C(N)=O. The molecule has 2 aliphatic rings. The normalized spacial score (nSPS) is 20.5. The van der Waals surface area contributed by atoms with Crippen molar-refractivity contribution >= 4 is 45.1 Å². The summed E-state index contributed by atoms with van der Waals surface area (Å²) in [5, 5.41) is 0.688. The highest BCUT2D eigenvalue weighted by Crippen LogP contribution is 2.40. The van der Waals surface area contributed by atoms with E-state index >= 15 is 0 Å². The lowest BCUT2D eigenvalue weighted by Crippen LogP contribution is -2.52. The summed E-state index contributed by atoms with van der Waals surface area (Å²) in [7, 11) is 0. The van der Waals surface area contributed by atoms with Crippen LogP contribution in [0.5, 0.6) is 0 Å². The Morgan fingerprint density at radius 2 is 1.91 bits per heavy atom. The number of amides is 2. The van der Waals surface area contributed by atoms with Gasteiger partial charge in [-0.1, -0.05) is 23.2 Å². The molecule has 1 saturated heterocycles. The Morgan fingerprint density at radius 1 is 1.18 bits per heavy atom. The van der Waals surface area contributed by atoms with E-state index in [9.17, 15) is 9.59 Å². The molecule has 1 atom stereocenters. The van der Waals surface area contributed by atoms with Gasteiger partial charge in [0.05, 0.1) is 5.69 Å². The van der Waals surface area contributed by atoms with Crippen LogP contribution in [0.3, 0.4) is 0 Å². The fourth-order valence-corrected chi connectivity index (χ4v) is 5.12. The Morgan fingerprint density at radius 3 is 2.61 bits per heavy atom. The fraction of sp³-hybridized carbons (Fsp3) is 0.400. The Balaban J connectivity index is 1.82. The van der Waals surface area contributed by atoms with Crippen molar-refractivity contribution in [2.75, 3.05) is 6.54 Å². The molecule has 1 aromatic carbocycles. The number of hydrogen-bond acceptors (Lipinski definition) is 4. The number of nitrogens with two attached hydrogens (primary N) is 1. The molecule has 4 rings (SSSR count). The minimum atomic E-state index is -0.783. The number of halogens is 2. The Labute approximate surface area is 207 Å². The summed E-state index contributed by atoms with van der Waals surface area (Å²) in [6.07, 6.45) is 3.87. The van der Waals surface area contributed by atoms with Crippen molar-refractivity contribution in [3.05, 3.63) is 67.9 Å². The summed E-state index contributed by atoms with van der Waals surface area (Å²) >= 11 is 9.85. The first-order valence-electron chi connectivity index (χ1n) is 11.0. The zero-order valence-electron chi connectivity index (χ0n) is 19.0. The maximum absolute atomic E-state index is 12.8. The summed E-state index contributed by atoms with van der Waals surface area (Å²) < 4.78 is 6.45. The third kappa shape index (κ3) is 5.09. The standard InChI is InChI=1S/C25H27BrClN3O3/c1-25(2,3)33-24(32)30-9-8-15(12-20(30)23(28)31)21-19-7-6-18(27)11-14(19)4-5-16-10-17(26)13-29-22(16)21/h6-7,10-11,13,20H,4-5,8-9,12H2,1-3H3,(H2,28,31). The van der Waals surface area contributed by atoms with E-state index in [2.05, 4.69) is 22.0 Å². The monoisotopic (exact) mass is 531 g/mol. The van der Waals surface area contributed by atoms with Crippen molar-refractivity contribution in [1.82, 2.24) is 9.88 Å². The van der Waals surface area contributed by atoms with Crippen molar-refractivity contribution in [3.63, 3.8) is 0 Å². The van der Waals surface area contributed by atoms with Gasteiger partial charge in [-0.25, -0.2) is 4.79 Å². The zero-order valence-corrected chi connectivity index (χ0v) is 21.3. The molecule has 2 aromatic rings. The second-order valence-corrected chi connectivity index (χ2v) is 10.8. The number of nitrogens with zero attached hydrogens (tertiary/aromatic N) is 2. The predicted octanol–water partition coefficient (Wildman–Crippen LogP) is 5.28. The Bertz CT molecular complexity index is 1100. The zero-order chi connectivity index (χ0) is 23.9. The third-order valence-electron chi connectivity index (χ3n) is 5.95. The number of likely N-dealkylation sites (tertiary alicyclic amines) is 1. The minimum absolute atomic E-state index is 0.336. The maximum Gasteiger partial charge on any atom is 0.410 e. The summed E-state index contributed by atoms with van der Waals surface area (Å²) in [6.45, 7) is 5.75. The van der Waals surface area contributed by atoms with Crippen LogP contribution < -0.4 is 5.73 Å². The van der Waals surface area contributed by atoms with Gasteiger partial charge < -0.3 is 10.5 Å². The largest absolute Gasteiger partial charge is 0.444 e. The van der Waals surface area contributed by atoms with Crippen LogP contribution in [0.2, 0.25) is 5.02 Å². The van der Waals surface area contributed by atoms with Gasteiger partial charge in [-0.05, 0) is 97.3 Å². The van der Waals surface area contributed by atoms with Crippen molar-refractivity contribution in [3.8, 4) is 0 Å². The molecule has 2 amide bonds. The lowest BCUT2D eigenvalue weighted by atomic mass is 9.86. The smallest absolute Gasteiger partial charge is 0.410 e. The molecule has 0 spiro atoms. The summed E-state index contributed by atoms with van der Waals surface area (Å²) in [5.74, 6) is -0.549. The quantitative estimate of drug-likeness (QED) is 0.541. The number of fused-ring (bicyclic) bond motifs is 2. The topological polar surface area (TPSA) is 85.5 Å². The molecule has 2 N–H and O–H groups in total. The van der Waals surface area contributed by atoms with Crippen LogP contribution in [0.1, 0.15) is 56.0 Å². The van der Waals surface area contributed by atoms with Crippen molar-refractivity contribution in [1.29, 1.82) is 0 Å². The van der Waals surface area contributed by atoms with E-state index in [0.717, 1.165) is 50.8 Å². The van der Waals surface area contributed by atoms with Gasteiger partial charge in [0.25, 0.3) is 0 Å². The molecule has 1 unspecified atom stereocenters. The maximum atomic E-state index is 12.8. The number of carbonyl (C=O) groups is 2. The van der Waals surface area contributed by atoms with Crippen LogP contribution in [0, 0.1) is 0 Å². The molecule has 1 aliphatic heterocycles. The van der Waals surface area contributed by atoms with Crippen molar-refractivity contribution in [2.24, 2.45) is 5.73 Å². The highest BCUT2D eigenvalue weighted by atomic mass is 79.9. The number of carbonyl (C=O) groups excluding carboxylic acids is 2. The van der Waals surface area contributed by atoms with Crippen LogP contribution in [-0.2, 0) is 22.4 Å². The molecule has 6 nitrogen and oxygen atoms in total. The summed E-state index contributed by atoms with van der Waals surface area (Å²) in [4.78, 5) is 31.4. The Hall–Kier alpha value is -2.38. The highest BCUT2D eigenvalue weighted by Gasteiger charge is 2.37. The van der Waals surface area contributed by atoms with E-state index in [-0.39, 0.29) is 0 Å². The molecule has 2 heterocycles. The molecule has 1 fully saturated rings. The van der Waals surface area contributed by atoms with E-state index in [1.54, 1.807) is 27.0 Å². The molecular formula is C25H27BrClN3O3. The average Bonchev–Trinajstić information content (AvgIpc) is 2.88. The number of hydrogen-bond donors (Lipinski definition) is 1. The van der Waals surface area contributed by atoms with E-state index in [4.69, 9.17) is 27.1 Å². The van der Waals surface area contributed by atoms with Gasteiger partial charge in [0.15, 0.2) is 0 Å². The second-order valence-electron chi connectivity index (χ2n) is 9.49.